The molecule has 3 heterocycles. The lowest BCUT2D eigenvalue weighted by Gasteiger charge is -2.15. The van der Waals surface area contributed by atoms with Crippen LogP contribution in [0.25, 0.3) is 11.1 Å². The maximum atomic E-state index is 11.3. The zero-order valence-corrected chi connectivity index (χ0v) is 11.8. The monoisotopic (exact) mass is 286 g/mol. The number of carbonyl (C=O) groups excluding carboxylic acids is 1. The third kappa shape index (κ3) is 2.70. The van der Waals surface area contributed by atoms with Crippen LogP contribution in [0, 0.1) is 5.92 Å². The molecule has 1 atom stereocenters. The molecule has 2 aromatic rings. The van der Waals surface area contributed by atoms with Gasteiger partial charge in [0.05, 0.1) is 12.0 Å². The first kappa shape index (κ1) is 12.8. The molecule has 0 saturated carbocycles. The van der Waals surface area contributed by atoms with E-state index in [1.807, 2.05) is 29.8 Å². The van der Waals surface area contributed by atoms with Crippen molar-refractivity contribution in [1.29, 1.82) is 0 Å². The normalized spacial score (nSPS) is 19.1. The summed E-state index contributed by atoms with van der Waals surface area (Å²) in [4.78, 5) is 16.5. The highest BCUT2D eigenvalue weighted by molar-refractivity contribution is 7.15. The Morgan fingerprint density at radius 3 is 3.10 bits per heavy atom. The number of thiophene rings is 1. The van der Waals surface area contributed by atoms with E-state index in [1.54, 1.807) is 23.9 Å². The maximum Gasteiger partial charge on any atom is 0.243 e. The number of hydrogen-bond acceptors (Lipinski definition) is 4. The molecular weight excluding hydrogens is 272 g/mol. The second-order valence-corrected chi connectivity index (χ2v) is 5.76. The molecule has 20 heavy (non-hydrogen) atoms. The summed E-state index contributed by atoms with van der Waals surface area (Å²) < 4.78 is 1.97. The molecule has 1 aliphatic rings. The first-order chi connectivity index (χ1) is 9.72. The van der Waals surface area contributed by atoms with Crippen LogP contribution in [0.3, 0.4) is 0 Å². The van der Waals surface area contributed by atoms with E-state index in [-0.39, 0.29) is 11.8 Å². The van der Waals surface area contributed by atoms with Gasteiger partial charge >= 0.3 is 0 Å². The van der Waals surface area contributed by atoms with E-state index >= 15 is 0 Å². The highest BCUT2D eigenvalue weighted by atomic mass is 32.1. The van der Waals surface area contributed by atoms with Crippen LogP contribution < -0.4 is 5.43 Å². The molecule has 3 rings (SSSR count). The van der Waals surface area contributed by atoms with Gasteiger partial charge in [-0.15, -0.1) is 11.3 Å². The van der Waals surface area contributed by atoms with Crippen molar-refractivity contribution in [2.75, 3.05) is 0 Å². The molecule has 0 fully saturated rings. The van der Waals surface area contributed by atoms with Gasteiger partial charge in [0.25, 0.3) is 0 Å². The van der Waals surface area contributed by atoms with Gasteiger partial charge in [-0.25, -0.2) is 10.4 Å². The second-order valence-electron chi connectivity index (χ2n) is 4.66. The van der Waals surface area contributed by atoms with Crippen LogP contribution in [0.4, 0.5) is 0 Å². The number of allylic oxidation sites excluding steroid dienone is 1. The molecule has 1 aliphatic heterocycles. The molecule has 0 aromatic carbocycles. The minimum atomic E-state index is -0.0167. The van der Waals surface area contributed by atoms with Crippen LogP contribution in [0.15, 0.2) is 42.0 Å². The number of hydrazone groups is 1. The zero-order valence-electron chi connectivity index (χ0n) is 11.0. The van der Waals surface area contributed by atoms with Crippen molar-refractivity contribution in [2.24, 2.45) is 11.0 Å². The van der Waals surface area contributed by atoms with E-state index in [1.165, 1.54) is 0 Å². The van der Waals surface area contributed by atoms with Crippen molar-refractivity contribution < 1.29 is 4.79 Å². The molecular formula is C14H14N4OS. The van der Waals surface area contributed by atoms with Crippen molar-refractivity contribution in [3.05, 3.63) is 41.8 Å². The molecule has 1 unspecified atom stereocenters. The van der Waals surface area contributed by atoms with Crippen molar-refractivity contribution in [3.63, 3.8) is 0 Å². The number of amides is 1. The van der Waals surface area contributed by atoms with Crippen LogP contribution >= 0.6 is 11.3 Å². The highest BCUT2D eigenvalue weighted by Crippen LogP contribution is 2.22. The number of imidazole rings is 1. The number of hydrogen-bond donors (Lipinski definition) is 1. The Morgan fingerprint density at radius 2 is 2.35 bits per heavy atom. The topological polar surface area (TPSA) is 59.3 Å². The highest BCUT2D eigenvalue weighted by Gasteiger charge is 2.18. The minimum Gasteiger partial charge on any atom is -0.298 e. The number of nitrogens with zero attached hydrogens (tertiary/aromatic N) is 3. The summed E-state index contributed by atoms with van der Waals surface area (Å²) in [6, 6.07) is 4.11. The van der Waals surface area contributed by atoms with E-state index in [0.29, 0.717) is 6.42 Å². The van der Waals surface area contributed by atoms with Gasteiger partial charge in [-0.1, -0.05) is 6.92 Å². The van der Waals surface area contributed by atoms with Gasteiger partial charge in [-0.05, 0) is 24.3 Å². The van der Waals surface area contributed by atoms with E-state index in [4.69, 9.17) is 0 Å². The molecule has 1 N–H and O–H groups in total. The van der Waals surface area contributed by atoms with Crippen molar-refractivity contribution >= 4 is 29.0 Å². The second kappa shape index (κ2) is 5.42. The molecule has 5 nitrogen and oxygen atoms in total. The Labute approximate surface area is 120 Å². The van der Waals surface area contributed by atoms with Crippen molar-refractivity contribution in [2.45, 2.75) is 13.3 Å². The molecule has 0 bridgehead atoms. The Hall–Kier alpha value is -2.21. The van der Waals surface area contributed by atoms with Gasteiger partial charge in [0.1, 0.15) is 5.00 Å². The average molecular weight is 286 g/mol. The van der Waals surface area contributed by atoms with Crippen molar-refractivity contribution in [3.8, 4) is 5.00 Å². The Bertz CT molecular complexity index is 669. The summed E-state index contributed by atoms with van der Waals surface area (Å²) in [6.45, 7) is 1.90. The molecule has 0 aliphatic carbocycles. The largest absolute Gasteiger partial charge is 0.298 e. The summed E-state index contributed by atoms with van der Waals surface area (Å²) in [7, 11) is 0. The third-order valence-electron chi connectivity index (χ3n) is 3.08. The average Bonchev–Trinajstić information content (AvgIpc) is 3.09. The van der Waals surface area contributed by atoms with Gasteiger partial charge in [-0.3, -0.25) is 9.36 Å². The number of rotatable bonds is 3. The van der Waals surface area contributed by atoms with Crippen molar-refractivity contribution in [1.82, 2.24) is 15.0 Å². The lowest BCUT2D eigenvalue weighted by molar-refractivity contribution is -0.124. The van der Waals surface area contributed by atoms with Crippen LogP contribution in [0.2, 0.25) is 0 Å². The van der Waals surface area contributed by atoms with Gasteiger partial charge < -0.3 is 0 Å². The fourth-order valence-corrected chi connectivity index (χ4v) is 2.80. The van der Waals surface area contributed by atoms with E-state index in [2.05, 4.69) is 27.6 Å². The molecule has 2 aromatic heterocycles. The van der Waals surface area contributed by atoms with Crippen LogP contribution in [0.5, 0.6) is 0 Å². The van der Waals surface area contributed by atoms with Gasteiger partial charge in [0.15, 0.2) is 0 Å². The first-order valence-electron chi connectivity index (χ1n) is 6.35. The lowest BCUT2D eigenvalue weighted by atomic mass is 10.0. The first-order valence-corrected chi connectivity index (χ1v) is 7.17. The molecule has 0 spiro atoms. The molecule has 102 valence electrons. The maximum absolute atomic E-state index is 11.3. The summed E-state index contributed by atoms with van der Waals surface area (Å²) in [6.07, 6.45) is 10.1. The fraction of sp³-hybridized carbons (Fsp3) is 0.214. The van der Waals surface area contributed by atoms with E-state index in [9.17, 15) is 4.79 Å². The smallest absolute Gasteiger partial charge is 0.243 e. The Morgan fingerprint density at radius 1 is 1.45 bits per heavy atom. The SMILES string of the molecule is CC1CC(C=Cc2ccc(-n3ccnc3)s2)=NNC1=O. The van der Waals surface area contributed by atoms with Crippen LogP contribution in [0.1, 0.15) is 18.2 Å². The minimum absolute atomic E-state index is 0.0133. The molecule has 1 amide bonds. The lowest BCUT2D eigenvalue weighted by Crippen LogP contribution is -2.32. The quantitative estimate of drug-likeness (QED) is 0.942. The third-order valence-corrected chi connectivity index (χ3v) is 4.15. The molecule has 0 saturated heterocycles. The summed E-state index contributed by atoms with van der Waals surface area (Å²) in [5, 5.41) is 5.17. The summed E-state index contributed by atoms with van der Waals surface area (Å²) >= 11 is 1.67. The predicted octanol–water partition coefficient (Wildman–Crippen LogP) is 2.46. The fourth-order valence-electron chi connectivity index (χ4n) is 1.93. The Balaban J connectivity index is 1.72. The van der Waals surface area contributed by atoms with Gasteiger partial charge in [-0.2, -0.15) is 5.10 Å². The number of nitrogens with one attached hydrogen (secondary N) is 1. The van der Waals surface area contributed by atoms with Gasteiger partial charge in [0.2, 0.25) is 5.91 Å². The van der Waals surface area contributed by atoms with Crippen LogP contribution in [-0.2, 0) is 4.79 Å². The van der Waals surface area contributed by atoms with Gasteiger partial charge in [0, 0.05) is 29.6 Å². The molecule has 0 radical (unpaired) electrons. The van der Waals surface area contributed by atoms with Crippen LogP contribution in [-0.4, -0.2) is 21.2 Å². The van der Waals surface area contributed by atoms with E-state index < -0.39 is 0 Å². The molecule has 6 heteroatoms. The summed E-state index contributed by atoms with van der Waals surface area (Å²) in [5.74, 6) is -0.0299. The van der Waals surface area contributed by atoms with E-state index in [0.717, 1.165) is 15.6 Å². The summed E-state index contributed by atoms with van der Waals surface area (Å²) in [5.41, 5.74) is 3.43. The predicted molar refractivity (Wildman–Crippen MR) is 79.8 cm³/mol. The number of aromatic nitrogens is 2. The zero-order chi connectivity index (χ0) is 13.9. The number of carbonyl (C=O) groups is 1. The standard InChI is InChI=1S/C14H14N4OS/c1-10-8-11(16-17-14(10)19)2-3-12-4-5-13(20-12)18-7-6-15-9-18/h2-7,9-10H,8H2,1H3,(H,17,19). The Kier molecular flexibility index (Phi) is 3.47.